The van der Waals surface area contributed by atoms with E-state index in [0.29, 0.717) is 6.04 Å². The standard InChI is InChI=1S/C15H23N5O/c1-11(2)20-14(13-6-4-7-16-13)17-18-15(20)19-8-5-9-21-12(3)10-19/h4,6-7,11-12,16H,5,8-10H2,1-3H3/t12-/m0/s1. The fraction of sp³-hybridized carbons (Fsp3) is 0.600. The number of aromatic amines is 1. The van der Waals surface area contributed by atoms with E-state index in [9.17, 15) is 0 Å². The van der Waals surface area contributed by atoms with Gasteiger partial charge in [0.15, 0.2) is 5.82 Å². The van der Waals surface area contributed by atoms with Gasteiger partial charge in [-0.05, 0) is 39.3 Å². The van der Waals surface area contributed by atoms with Gasteiger partial charge in [0.1, 0.15) is 0 Å². The van der Waals surface area contributed by atoms with E-state index in [4.69, 9.17) is 4.74 Å². The summed E-state index contributed by atoms with van der Waals surface area (Å²) < 4.78 is 7.93. The Balaban J connectivity index is 1.98. The van der Waals surface area contributed by atoms with E-state index in [1.807, 2.05) is 18.3 Å². The summed E-state index contributed by atoms with van der Waals surface area (Å²) in [5.41, 5.74) is 1.00. The van der Waals surface area contributed by atoms with Crippen molar-refractivity contribution in [2.75, 3.05) is 24.6 Å². The van der Waals surface area contributed by atoms with Crippen LogP contribution in [0.1, 0.15) is 33.2 Å². The van der Waals surface area contributed by atoms with Crippen LogP contribution in [0.3, 0.4) is 0 Å². The first kappa shape index (κ1) is 14.1. The van der Waals surface area contributed by atoms with E-state index in [1.165, 1.54) is 0 Å². The Kier molecular flexibility index (Phi) is 3.96. The summed E-state index contributed by atoms with van der Waals surface area (Å²) in [6.45, 7) is 9.07. The van der Waals surface area contributed by atoms with Crippen LogP contribution in [-0.4, -0.2) is 45.5 Å². The molecule has 1 fully saturated rings. The predicted octanol–water partition coefficient (Wildman–Crippen LogP) is 2.47. The summed E-state index contributed by atoms with van der Waals surface area (Å²) in [4.78, 5) is 5.51. The second-order valence-corrected chi connectivity index (χ2v) is 5.85. The molecule has 1 N–H and O–H groups in total. The number of rotatable bonds is 3. The van der Waals surface area contributed by atoms with Gasteiger partial charge in [-0.15, -0.1) is 10.2 Å². The maximum atomic E-state index is 5.73. The molecule has 21 heavy (non-hydrogen) atoms. The van der Waals surface area contributed by atoms with Crippen molar-refractivity contribution in [2.45, 2.75) is 39.3 Å². The summed E-state index contributed by atoms with van der Waals surface area (Å²) in [5, 5.41) is 8.87. The van der Waals surface area contributed by atoms with Crippen molar-refractivity contribution in [3.8, 4) is 11.5 Å². The Bertz CT molecular complexity index is 575. The number of aromatic nitrogens is 4. The summed E-state index contributed by atoms with van der Waals surface area (Å²) in [6, 6.07) is 4.31. The van der Waals surface area contributed by atoms with Gasteiger partial charge in [0, 0.05) is 31.9 Å². The largest absolute Gasteiger partial charge is 0.377 e. The van der Waals surface area contributed by atoms with Gasteiger partial charge in [-0.1, -0.05) is 0 Å². The molecule has 6 nitrogen and oxygen atoms in total. The number of nitrogens with zero attached hydrogens (tertiary/aromatic N) is 4. The molecule has 1 aliphatic rings. The molecule has 0 unspecified atom stereocenters. The molecule has 1 atom stereocenters. The van der Waals surface area contributed by atoms with Gasteiger partial charge in [0.05, 0.1) is 11.8 Å². The van der Waals surface area contributed by atoms with Crippen LogP contribution in [0.15, 0.2) is 18.3 Å². The number of ether oxygens (including phenoxy) is 1. The molecule has 0 saturated carbocycles. The average molecular weight is 289 g/mol. The lowest BCUT2D eigenvalue weighted by atomic mass is 10.3. The Morgan fingerprint density at radius 1 is 1.38 bits per heavy atom. The molecule has 1 aliphatic heterocycles. The van der Waals surface area contributed by atoms with Gasteiger partial charge < -0.3 is 14.6 Å². The lowest BCUT2D eigenvalue weighted by molar-refractivity contribution is 0.0819. The Morgan fingerprint density at radius 2 is 2.24 bits per heavy atom. The van der Waals surface area contributed by atoms with Gasteiger partial charge in [0.2, 0.25) is 5.95 Å². The first-order chi connectivity index (χ1) is 10.2. The van der Waals surface area contributed by atoms with Crippen LogP contribution >= 0.6 is 0 Å². The van der Waals surface area contributed by atoms with E-state index in [2.05, 4.69) is 45.4 Å². The van der Waals surface area contributed by atoms with Gasteiger partial charge in [-0.2, -0.15) is 0 Å². The first-order valence-corrected chi connectivity index (χ1v) is 7.62. The van der Waals surface area contributed by atoms with Crippen molar-refractivity contribution in [2.24, 2.45) is 0 Å². The second-order valence-electron chi connectivity index (χ2n) is 5.85. The van der Waals surface area contributed by atoms with Crippen molar-refractivity contribution in [1.29, 1.82) is 0 Å². The highest BCUT2D eigenvalue weighted by Crippen LogP contribution is 2.26. The summed E-state index contributed by atoms with van der Waals surface area (Å²) in [6.07, 6.45) is 3.15. The number of H-pyrrole nitrogens is 1. The lowest BCUT2D eigenvalue weighted by Crippen LogP contribution is -2.32. The Labute approximate surface area is 125 Å². The monoisotopic (exact) mass is 289 g/mol. The predicted molar refractivity (Wildman–Crippen MR) is 82.4 cm³/mol. The minimum Gasteiger partial charge on any atom is -0.377 e. The quantitative estimate of drug-likeness (QED) is 0.943. The Morgan fingerprint density at radius 3 is 2.95 bits per heavy atom. The van der Waals surface area contributed by atoms with Crippen molar-refractivity contribution < 1.29 is 4.74 Å². The maximum absolute atomic E-state index is 5.73. The SMILES string of the molecule is CC(C)n1c(-c2ccc[nH]2)nnc1N1CCCO[C@@H](C)C1. The normalized spacial score (nSPS) is 20.0. The molecule has 0 bridgehead atoms. The zero-order valence-corrected chi connectivity index (χ0v) is 12.9. The molecule has 0 spiro atoms. The minimum atomic E-state index is 0.221. The van der Waals surface area contributed by atoms with E-state index >= 15 is 0 Å². The van der Waals surface area contributed by atoms with Crippen LogP contribution < -0.4 is 4.90 Å². The minimum absolute atomic E-state index is 0.221. The zero-order valence-electron chi connectivity index (χ0n) is 12.9. The molecule has 114 valence electrons. The lowest BCUT2D eigenvalue weighted by Gasteiger charge is -2.25. The zero-order chi connectivity index (χ0) is 14.8. The summed E-state index contributed by atoms with van der Waals surface area (Å²) in [5.74, 6) is 1.83. The van der Waals surface area contributed by atoms with Crippen LogP contribution in [0.4, 0.5) is 5.95 Å². The number of hydrogen-bond donors (Lipinski definition) is 1. The van der Waals surface area contributed by atoms with E-state index in [0.717, 1.165) is 43.6 Å². The smallest absolute Gasteiger partial charge is 0.227 e. The molecule has 3 rings (SSSR count). The van der Waals surface area contributed by atoms with Crippen LogP contribution in [0.25, 0.3) is 11.5 Å². The number of hydrogen-bond acceptors (Lipinski definition) is 4. The third kappa shape index (κ3) is 2.81. The fourth-order valence-corrected chi connectivity index (χ4v) is 2.80. The van der Waals surface area contributed by atoms with Gasteiger partial charge in [0.25, 0.3) is 0 Å². The number of anilines is 1. The molecule has 3 heterocycles. The van der Waals surface area contributed by atoms with Crippen LogP contribution in [0.2, 0.25) is 0 Å². The molecule has 2 aromatic rings. The molecule has 0 amide bonds. The van der Waals surface area contributed by atoms with Gasteiger partial charge in [-0.3, -0.25) is 4.57 Å². The van der Waals surface area contributed by atoms with E-state index in [-0.39, 0.29) is 6.10 Å². The molecular weight excluding hydrogens is 266 g/mol. The Hall–Kier alpha value is -1.82. The van der Waals surface area contributed by atoms with Crippen molar-refractivity contribution in [3.63, 3.8) is 0 Å². The molecule has 1 saturated heterocycles. The third-order valence-electron chi connectivity index (χ3n) is 3.77. The van der Waals surface area contributed by atoms with Gasteiger partial charge in [-0.25, -0.2) is 0 Å². The molecule has 2 aromatic heterocycles. The molecule has 0 aliphatic carbocycles. The van der Waals surface area contributed by atoms with Crippen molar-refractivity contribution in [3.05, 3.63) is 18.3 Å². The van der Waals surface area contributed by atoms with E-state index in [1.54, 1.807) is 0 Å². The summed E-state index contributed by atoms with van der Waals surface area (Å²) in [7, 11) is 0. The van der Waals surface area contributed by atoms with E-state index < -0.39 is 0 Å². The highest BCUT2D eigenvalue weighted by Gasteiger charge is 2.24. The fourth-order valence-electron chi connectivity index (χ4n) is 2.80. The second kappa shape index (κ2) is 5.89. The van der Waals surface area contributed by atoms with Crippen molar-refractivity contribution in [1.82, 2.24) is 19.7 Å². The number of nitrogens with one attached hydrogen (secondary N) is 1. The van der Waals surface area contributed by atoms with Crippen LogP contribution in [0, 0.1) is 0 Å². The third-order valence-corrected chi connectivity index (χ3v) is 3.77. The van der Waals surface area contributed by atoms with Crippen LogP contribution in [-0.2, 0) is 4.74 Å². The maximum Gasteiger partial charge on any atom is 0.227 e. The molecular formula is C15H23N5O. The first-order valence-electron chi connectivity index (χ1n) is 7.62. The average Bonchev–Trinajstić information content (AvgIpc) is 3.06. The highest BCUT2D eigenvalue weighted by molar-refractivity contribution is 5.53. The van der Waals surface area contributed by atoms with Crippen molar-refractivity contribution >= 4 is 5.95 Å². The summed E-state index contributed by atoms with van der Waals surface area (Å²) >= 11 is 0. The molecule has 0 radical (unpaired) electrons. The topological polar surface area (TPSA) is 59.0 Å². The molecule has 0 aromatic carbocycles. The van der Waals surface area contributed by atoms with Crippen LogP contribution in [0.5, 0.6) is 0 Å². The van der Waals surface area contributed by atoms with Gasteiger partial charge >= 0.3 is 0 Å². The highest BCUT2D eigenvalue weighted by atomic mass is 16.5. The molecule has 6 heteroatoms.